The van der Waals surface area contributed by atoms with Crippen molar-refractivity contribution in [1.82, 2.24) is 5.06 Å². The molecule has 2 amide bonds. The summed E-state index contributed by atoms with van der Waals surface area (Å²) in [5.41, 5.74) is 0. The van der Waals surface area contributed by atoms with Gasteiger partial charge in [0.1, 0.15) is 6.10 Å². The Balaban J connectivity index is 2.38. The van der Waals surface area contributed by atoms with Gasteiger partial charge in [0.25, 0.3) is 11.8 Å². The van der Waals surface area contributed by atoms with Crippen molar-refractivity contribution in [1.29, 1.82) is 0 Å². The molecule has 0 aromatic carbocycles. The van der Waals surface area contributed by atoms with E-state index in [1.165, 1.54) is 77.0 Å². The van der Waals surface area contributed by atoms with E-state index in [1.54, 1.807) is 0 Å². The van der Waals surface area contributed by atoms with Crippen LogP contribution in [0.2, 0.25) is 0 Å². The highest BCUT2D eigenvalue weighted by Crippen LogP contribution is 2.19. The Morgan fingerprint density at radius 1 is 0.650 bits per heavy atom. The smallest absolute Gasteiger partial charge is 0.336 e. The zero-order valence-corrected chi connectivity index (χ0v) is 25.5. The fraction of sp³-hybridized carbons (Fsp3) is 0.875. The Morgan fingerprint density at radius 2 is 1.07 bits per heavy atom. The second kappa shape index (κ2) is 23.7. The Hall–Kier alpha value is -1.96. The van der Waals surface area contributed by atoms with E-state index in [0.29, 0.717) is 17.9 Å². The minimum absolute atomic E-state index is 0.0276. The molecule has 232 valence electrons. The molecule has 0 aromatic rings. The summed E-state index contributed by atoms with van der Waals surface area (Å²) in [6, 6.07) is 0. The quantitative estimate of drug-likeness (QED) is 0.0655. The van der Waals surface area contributed by atoms with Crippen LogP contribution >= 0.6 is 0 Å². The van der Waals surface area contributed by atoms with Gasteiger partial charge in [0, 0.05) is 12.8 Å². The van der Waals surface area contributed by atoms with E-state index < -0.39 is 36.0 Å². The molecule has 1 N–H and O–H groups in total. The van der Waals surface area contributed by atoms with E-state index in [1.807, 2.05) is 0 Å². The molecule has 0 radical (unpaired) electrons. The van der Waals surface area contributed by atoms with Crippen LogP contribution in [0.1, 0.15) is 168 Å². The average molecular weight is 568 g/mol. The number of hydrogen-bond acceptors (Lipinski definition) is 7. The fourth-order valence-corrected chi connectivity index (χ4v) is 5.09. The van der Waals surface area contributed by atoms with Gasteiger partial charge in [0.15, 0.2) is 0 Å². The third kappa shape index (κ3) is 18.4. The summed E-state index contributed by atoms with van der Waals surface area (Å²) in [4.78, 5) is 53.6. The van der Waals surface area contributed by atoms with E-state index in [9.17, 15) is 24.3 Å². The molecule has 1 unspecified atom stereocenters. The molecule has 8 nitrogen and oxygen atoms in total. The van der Waals surface area contributed by atoms with Crippen molar-refractivity contribution in [3.63, 3.8) is 0 Å². The largest absolute Gasteiger partial charge is 0.462 e. The highest BCUT2D eigenvalue weighted by molar-refractivity contribution is 6.01. The molecule has 1 heterocycles. The van der Waals surface area contributed by atoms with Crippen LogP contribution in [0, 0.1) is 0 Å². The van der Waals surface area contributed by atoms with Crippen LogP contribution in [0.25, 0.3) is 0 Å². The first-order valence-corrected chi connectivity index (χ1v) is 16.3. The second-order valence-electron chi connectivity index (χ2n) is 11.5. The maximum Gasteiger partial charge on any atom is 0.336 e. The summed E-state index contributed by atoms with van der Waals surface area (Å²) in [6.45, 7) is 4.42. The number of carbonyl (C=O) groups excluding carboxylic acids is 4. The van der Waals surface area contributed by atoms with Crippen molar-refractivity contribution in [2.45, 2.75) is 180 Å². The Labute approximate surface area is 242 Å². The fourth-order valence-electron chi connectivity index (χ4n) is 5.09. The van der Waals surface area contributed by atoms with E-state index in [0.717, 1.165) is 38.5 Å². The van der Waals surface area contributed by atoms with E-state index in [2.05, 4.69) is 13.8 Å². The first-order chi connectivity index (χ1) is 19.4. The summed E-state index contributed by atoms with van der Waals surface area (Å²) >= 11 is 0. The lowest BCUT2D eigenvalue weighted by atomic mass is 10.0. The van der Waals surface area contributed by atoms with Gasteiger partial charge >= 0.3 is 11.9 Å². The summed E-state index contributed by atoms with van der Waals surface area (Å²) in [6.07, 6.45) is 20.3. The summed E-state index contributed by atoms with van der Waals surface area (Å²) in [5, 5.41) is 10.9. The van der Waals surface area contributed by atoms with Crippen LogP contribution < -0.4 is 0 Å². The minimum atomic E-state index is -0.771. The predicted octanol–water partition coefficient (Wildman–Crippen LogP) is 7.49. The Kier molecular flexibility index (Phi) is 21.4. The number of imide groups is 1. The topological polar surface area (TPSA) is 110 Å². The van der Waals surface area contributed by atoms with Crippen molar-refractivity contribution < 1.29 is 33.9 Å². The molecule has 0 saturated carbocycles. The zero-order valence-electron chi connectivity index (χ0n) is 25.5. The van der Waals surface area contributed by atoms with Gasteiger partial charge in [-0.3, -0.25) is 14.4 Å². The van der Waals surface area contributed by atoms with E-state index in [-0.39, 0.29) is 25.7 Å². The SMILES string of the molecule is CCCCCCCCCCCC(O)CC(=O)O[C@H](CCCCCCCCCCC)CC(=O)ON1C(=O)CCC1=O. The van der Waals surface area contributed by atoms with E-state index in [4.69, 9.17) is 9.57 Å². The molecule has 1 rings (SSSR count). The molecule has 1 aliphatic heterocycles. The van der Waals surface area contributed by atoms with Gasteiger partial charge in [-0.15, -0.1) is 5.06 Å². The second-order valence-corrected chi connectivity index (χ2v) is 11.5. The number of carbonyl (C=O) groups is 4. The molecule has 0 aromatic heterocycles. The lowest BCUT2D eigenvalue weighted by Gasteiger charge is -2.20. The number of rotatable bonds is 26. The van der Waals surface area contributed by atoms with Crippen LogP contribution in [-0.4, -0.2) is 46.1 Å². The van der Waals surface area contributed by atoms with Crippen molar-refractivity contribution in [2.24, 2.45) is 0 Å². The number of amides is 2. The number of aliphatic hydroxyl groups is 1. The van der Waals surface area contributed by atoms with Crippen molar-refractivity contribution >= 4 is 23.8 Å². The molecular weight excluding hydrogens is 510 g/mol. The molecule has 1 fully saturated rings. The Bertz CT molecular complexity index is 695. The van der Waals surface area contributed by atoms with Gasteiger partial charge in [0.05, 0.1) is 18.9 Å². The maximum absolute atomic E-state index is 12.6. The average Bonchev–Trinajstić information content (AvgIpc) is 3.23. The molecule has 0 spiro atoms. The third-order valence-electron chi connectivity index (χ3n) is 7.56. The normalized spacial score (nSPS) is 14.9. The van der Waals surface area contributed by atoms with Crippen molar-refractivity contribution in [3.8, 4) is 0 Å². The summed E-state index contributed by atoms with van der Waals surface area (Å²) in [5.74, 6) is -2.38. The van der Waals surface area contributed by atoms with Gasteiger partial charge in [0.2, 0.25) is 0 Å². The predicted molar refractivity (Wildman–Crippen MR) is 156 cm³/mol. The monoisotopic (exact) mass is 567 g/mol. The standard InChI is InChI=1S/C32H57NO7/c1-3-5-7-9-11-13-15-17-19-21-27(34)25-31(37)39-28(22-20-18-16-14-12-10-8-6-4-2)26-32(38)40-33-29(35)23-24-30(33)36/h27-28,34H,3-26H2,1-2H3/t27?,28-/m1/s1. The summed E-state index contributed by atoms with van der Waals surface area (Å²) < 4.78 is 5.59. The van der Waals surface area contributed by atoms with Crippen molar-refractivity contribution in [2.75, 3.05) is 0 Å². The van der Waals surface area contributed by atoms with Crippen LogP contribution in [0.3, 0.4) is 0 Å². The first-order valence-electron chi connectivity index (χ1n) is 16.3. The van der Waals surface area contributed by atoms with Crippen LogP contribution in [0.15, 0.2) is 0 Å². The molecule has 1 saturated heterocycles. The van der Waals surface area contributed by atoms with Gasteiger partial charge in [-0.2, -0.15) is 0 Å². The number of esters is 1. The van der Waals surface area contributed by atoms with Crippen LogP contribution in [-0.2, 0) is 28.8 Å². The number of ether oxygens (including phenoxy) is 1. The van der Waals surface area contributed by atoms with Gasteiger partial charge in [-0.05, 0) is 19.3 Å². The van der Waals surface area contributed by atoms with Crippen LogP contribution in [0.4, 0.5) is 0 Å². The molecule has 40 heavy (non-hydrogen) atoms. The third-order valence-corrected chi connectivity index (χ3v) is 7.56. The molecule has 8 heteroatoms. The van der Waals surface area contributed by atoms with Gasteiger partial charge in [-0.25, -0.2) is 4.79 Å². The number of nitrogens with zero attached hydrogens (tertiary/aromatic N) is 1. The molecule has 2 atom stereocenters. The highest BCUT2D eigenvalue weighted by atomic mass is 16.7. The lowest BCUT2D eigenvalue weighted by Crippen LogP contribution is -2.34. The van der Waals surface area contributed by atoms with Crippen LogP contribution in [0.5, 0.6) is 0 Å². The zero-order chi connectivity index (χ0) is 29.4. The van der Waals surface area contributed by atoms with Gasteiger partial charge in [-0.1, -0.05) is 123 Å². The number of hydroxylamine groups is 2. The maximum atomic E-state index is 12.6. The number of unbranched alkanes of at least 4 members (excludes halogenated alkanes) is 16. The van der Waals surface area contributed by atoms with E-state index >= 15 is 0 Å². The number of hydrogen-bond donors (Lipinski definition) is 1. The minimum Gasteiger partial charge on any atom is -0.462 e. The lowest BCUT2D eigenvalue weighted by molar-refractivity contribution is -0.199. The molecule has 0 bridgehead atoms. The molecule has 0 aliphatic carbocycles. The molecular formula is C32H57NO7. The Morgan fingerprint density at radius 3 is 1.55 bits per heavy atom. The van der Waals surface area contributed by atoms with Gasteiger partial charge < -0.3 is 14.7 Å². The molecule has 1 aliphatic rings. The highest BCUT2D eigenvalue weighted by Gasteiger charge is 2.33. The summed E-state index contributed by atoms with van der Waals surface area (Å²) in [7, 11) is 0. The van der Waals surface area contributed by atoms with Crippen molar-refractivity contribution in [3.05, 3.63) is 0 Å². The number of aliphatic hydroxyl groups excluding tert-OH is 1. The first kappa shape index (κ1) is 36.1.